The monoisotopic (exact) mass is 252 g/mol. The van der Waals surface area contributed by atoms with E-state index >= 15 is 0 Å². The second-order valence-electron chi connectivity index (χ2n) is 4.31. The summed E-state index contributed by atoms with van der Waals surface area (Å²) in [4.78, 5) is 11.8. The van der Waals surface area contributed by atoms with E-state index in [0.717, 1.165) is 16.8 Å². The predicted molar refractivity (Wildman–Crippen MR) is 79.7 cm³/mol. The first-order valence-electron chi connectivity index (χ1n) is 6.05. The van der Waals surface area contributed by atoms with E-state index < -0.39 is 0 Å². The topological polar surface area (TPSA) is 55.1 Å². The fourth-order valence-corrected chi connectivity index (χ4v) is 1.68. The highest BCUT2D eigenvalue weighted by atomic mass is 16.1. The number of hydrogen-bond donors (Lipinski definition) is 2. The largest absolute Gasteiger partial charge is 0.399 e. The van der Waals surface area contributed by atoms with Gasteiger partial charge in [-0.25, -0.2) is 0 Å². The average Bonchev–Trinajstić information content (AvgIpc) is 2.42. The molecule has 0 atom stereocenters. The van der Waals surface area contributed by atoms with Gasteiger partial charge < -0.3 is 11.1 Å². The maximum absolute atomic E-state index is 11.8. The van der Waals surface area contributed by atoms with Gasteiger partial charge in [-0.2, -0.15) is 0 Å². The molecular formula is C16H16N2O. The molecule has 0 aliphatic heterocycles. The molecule has 0 unspecified atom stereocenters. The number of nitrogens with one attached hydrogen (secondary N) is 1. The van der Waals surface area contributed by atoms with E-state index in [-0.39, 0.29) is 5.91 Å². The molecule has 2 aromatic carbocycles. The van der Waals surface area contributed by atoms with Crippen LogP contribution in [0.3, 0.4) is 0 Å². The Kier molecular flexibility index (Phi) is 3.98. The molecule has 0 radical (unpaired) electrons. The van der Waals surface area contributed by atoms with E-state index in [0.29, 0.717) is 5.69 Å². The van der Waals surface area contributed by atoms with Crippen LogP contribution >= 0.6 is 0 Å². The molecule has 0 saturated heterocycles. The number of benzene rings is 2. The number of nitrogens with two attached hydrogens (primary N) is 1. The third-order valence-corrected chi connectivity index (χ3v) is 2.75. The van der Waals surface area contributed by atoms with Crippen molar-refractivity contribution in [2.75, 3.05) is 11.1 Å². The van der Waals surface area contributed by atoms with Crippen LogP contribution in [0.2, 0.25) is 0 Å². The number of amides is 1. The summed E-state index contributed by atoms with van der Waals surface area (Å²) in [6.07, 6.45) is 3.29. The highest BCUT2D eigenvalue weighted by Gasteiger charge is 2.01. The maximum atomic E-state index is 11.8. The molecule has 1 amide bonds. The highest BCUT2D eigenvalue weighted by Crippen LogP contribution is 2.18. The van der Waals surface area contributed by atoms with Gasteiger partial charge in [-0.05, 0) is 36.3 Å². The summed E-state index contributed by atoms with van der Waals surface area (Å²) >= 11 is 0. The minimum absolute atomic E-state index is 0.169. The normalized spacial score (nSPS) is 10.6. The lowest BCUT2D eigenvalue weighted by atomic mass is 10.1. The number of anilines is 2. The van der Waals surface area contributed by atoms with Gasteiger partial charge in [0.2, 0.25) is 5.91 Å². The van der Waals surface area contributed by atoms with Crippen molar-refractivity contribution in [2.45, 2.75) is 6.92 Å². The molecule has 0 aliphatic rings. The van der Waals surface area contributed by atoms with Crippen molar-refractivity contribution in [1.82, 2.24) is 0 Å². The number of rotatable bonds is 3. The van der Waals surface area contributed by atoms with Crippen molar-refractivity contribution in [3.8, 4) is 0 Å². The molecule has 3 nitrogen and oxygen atoms in total. The Hall–Kier alpha value is -2.55. The van der Waals surface area contributed by atoms with Crippen molar-refractivity contribution in [2.24, 2.45) is 0 Å². The average molecular weight is 252 g/mol. The maximum Gasteiger partial charge on any atom is 0.248 e. The number of carbonyl (C=O) groups excluding carboxylic acids is 1. The number of hydrogen-bond acceptors (Lipinski definition) is 2. The lowest BCUT2D eigenvalue weighted by Gasteiger charge is -2.07. The molecule has 96 valence electrons. The minimum atomic E-state index is -0.169. The fraction of sp³-hybridized carbons (Fsp3) is 0.0625. The summed E-state index contributed by atoms with van der Waals surface area (Å²) in [5.41, 5.74) is 9.04. The van der Waals surface area contributed by atoms with E-state index in [2.05, 4.69) is 5.32 Å². The van der Waals surface area contributed by atoms with E-state index in [1.54, 1.807) is 12.1 Å². The van der Waals surface area contributed by atoms with Crippen LogP contribution < -0.4 is 11.1 Å². The van der Waals surface area contributed by atoms with Crippen molar-refractivity contribution in [1.29, 1.82) is 0 Å². The predicted octanol–water partition coefficient (Wildman–Crippen LogP) is 3.23. The second-order valence-corrected chi connectivity index (χ2v) is 4.31. The second kappa shape index (κ2) is 5.87. The van der Waals surface area contributed by atoms with Crippen LogP contribution in [0.25, 0.3) is 6.08 Å². The molecule has 0 aromatic heterocycles. The zero-order chi connectivity index (χ0) is 13.7. The summed E-state index contributed by atoms with van der Waals surface area (Å²) < 4.78 is 0. The van der Waals surface area contributed by atoms with Crippen LogP contribution in [0.1, 0.15) is 11.1 Å². The Balaban J connectivity index is 2.06. The van der Waals surface area contributed by atoms with Crippen LogP contribution in [-0.4, -0.2) is 5.91 Å². The molecular weight excluding hydrogens is 236 g/mol. The van der Waals surface area contributed by atoms with Gasteiger partial charge in [0.15, 0.2) is 0 Å². The molecule has 0 aliphatic carbocycles. The zero-order valence-corrected chi connectivity index (χ0v) is 10.8. The van der Waals surface area contributed by atoms with Crippen LogP contribution in [0.5, 0.6) is 0 Å². The Bertz CT molecular complexity index is 603. The van der Waals surface area contributed by atoms with Gasteiger partial charge in [0.05, 0.1) is 0 Å². The lowest BCUT2D eigenvalue weighted by molar-refractivity contribution is -0.111. The summed E-state index contributed by atoms with van der Waals surface area (Å²) in [7, 11) is 0. The van der Waals surface area contributed by atoms with Gasteiger partial charge >= 0.3 is 0 Å². The van der Waals surface area contributed by atoms with E-state index in [1.165, 1.54) is 6.08 Å². The molecule has 0 fully saturated rings. The number of nitrogen functional groups attached to an aromatic ring is 1. The molecule has 0 bridgehead atoms. The molecule has 0 heterocycles. The molecule has 0 spiro atoms. The van der Waals surface area contributed by atoms with Crippen LogP contribution in [0, 0.1) is 6.92 Å². The van der Waals surface area contributed by atoms with Crippen molar-refractivity contribution >= 4 is 23.4 Å². The van der Waals surface area contributed by atoms with Gasteiger partial charge in [0.25, 0.3) is 0 Å². The third-order valence-electron chi connectivity index (χ3n) is 2.75. The van der Waals surface area contributed by atoms with Gasteiger partial charge in [-0.15, -0.1) is 0 Å². The summed E-state index contributed by atoms with van der Waals surface area (Å²) in [5.74, 6) is -0.169. The van der Waals surface area contributed by atoms with Crippen molar-refractivity contribution < 1.29 is 4.79 Å². The molecule has 2 aromatic rings. The minimum Gasteiger partial charge on any atom is -0.399 e. The summed E-state index contributed by atoms with van der Waals surface area (Å²) in [5, 5.41) is 2.82. The van der Waals surface area contributed by atoms with E-state index in [1.807, 2.05) is 49.4 Å². The molecule has 2 rings (SSSR count). The third kappa shape index (κ3) is 3.71. The number of aryl methyl sites for hydroxylation is 1. The molecule has 3 heteroatoms. The summed E-state index contributed by atoms with van der Waals surface area (Å²) in [6, 6.07) is 15.1. The van der Waals surface area contributed by atoms with Gasteiger partial charge in [0, 0.05) is 17.5 Å². The molecule has 19 heavy (non-hydrogen) atoms. The lowest BCUT2D eigenvalue weighted by Crippen LogP contribution is -2.09. The standard InChI is InChI=1S/C16H16N2O/c1-12-7-9-14(17)11-15(12)18-16(19)10-8-13-5-3-2-4-6-13/h2-11H,17H2,1H3,(H,18,19)/b10-8+. The summed E-state index contributed by atoms with van der Waals surface area (Å²) in [6.45, 7) is 1.93. The first-order valence-corrected chi connectivity index (χ1v) is 6.05. The Labute approximate surface area is 112 Å². The first kappa shape index (κ1) is 12.9. The zero-order valence-electron chi connectivity index (χ0n) is 10.8. The fourth-order valence-electron chi connectivity index (χ4n) is 1.68. The van der Waals surface area contributed by atoms with Crippen LogP contribution in [0.15, 0.2) is 54.6 Å². The molecule has 0 saturated carbocycles. The Morgan fingerprint density at radius 3 is 2.63 bits per heavy atom. The SMILES string of the molecule is Cc1ccc(N)cc1NC(=O)/C=C/c1ccccc1. The first-order chi connectivity index (χ1) is 9.15. The van der Waals surface area contributed by atoms with Gasteiger partial charge in [-0.3, -0.25) is 4.79 Å². The smallest absolute Gasteiger partial charge is 0.248 e. The highest BCUT2D eigenvalue weighted by molar-refractivity contribution is 6.02. The van der Waals surface area contributed by atoms with Crippen molar-refractivity contribution in [3.05, 3.63) is 65.7 Å². The number of carbonyl (C=O) groups is 1. The quantitative estimate of drug-likeness (QED) is 0.651. The van der Waals surface area contributed by atoms with Gasteiger partial charge in [0.1, 0.15) is 0 Å². The van der Waals surface area contributed by atoms with Crippen LogP contribution in [-0.2, 0) is 4.79 Å². The van der Waals surface area contributed by atoms with Crippen molar-refractivity contribution in [3.63, 3.8) is 0 Å². The Morgan fingerprint density at radius 2 is 1.89 bits per heavy atom. The van der Waals surface area contributed by atoms with Gasteiger partial charge in [-0.1, -0.05) is 36.4 Å². The van der Waals surface area contributed by atoms with E-state index in [9.17, 15) is 4.79 Å². The van der Waals surface area contributed by atoms with Crippen LogP contribution in [0.4, 0.5) is 11.4 Å². The Morgan fingerprint density at radius 1 is 1.16 bits per heavy atom. The van der Waals surface area contributed by atoms with E-state index in [4.69, 9.17) is 5.73 Å². The molecule has 3 N–H and O–H groups in total.